The van der Waals surface area contributed by atoms with E-state index in [4.69, 9.17) is 18.9 Å². The highest BCUT2D eigenvalue weighted by molar-refractivity contribution is 5.93. The first-order valence-corrected chi connectivity index (χ1v) is 9.16. The molecule has 0 atom stereocenters. The molecule has 0 unspecified atom stereocenters. The maximum Gasteiger partial charge on any atom is 0.333 e. The Bertz CT molecular complexity index is 840. The van der Waals surface area contributed by atoms with Crippen molar-refractivity contribution in [2.24, 2.45) is 5.92 Å². The second-order valence-electron chi connectivity index (χ2n) is 6.54. The van der Waals surface area contributed by atoms with E-state index < -0.39 is 5.97 Å². The first-order chi connectivity index (χ1) is 13.4. The van der Waals surface area contributed by atoms with Crippen LogP contribution in [0.1, 0.15) is 20.8 Å². The maximum absolute atomic E-state index is 11.5. The molecule has 0 aliphatic heterocycles. The van der Waals surface area contributed by atoms with E-state index in [1.165, 1.54) is 0 Å². The molecule has 2 aromatic rings. The lowest BCUT2D eigenvalue weighted by Gasteiger charge is -2.13. The lowest BCUT2D eigenvalue weighted by molar-refractivity contribution is -0.148. The van der Waals surface area contributed by atoms with Gasteiger partial charge >= 0.3 is 11.9 Å². The molecule has 0 aliphatic rings. The van der Waals surface area contributed by atoms with E-state index >= 15 is 0 Å². The zero-order valence-electron chi connectivity index (χ0n) is 16.5. The predicted octanol–water partition coefficient (Wildman–Crippen LogP) is 3.92. The summed E-state index contributed by atoms with van der Waals surface area (Å²) in [6.07, 6.45) is 0. The van der Waals surface area contributed by atoms with Crippen LogP contribution in [0.2, 0.25) is 0 Å². The van der Waals surface area contributed by atoms with E-state index in [-0.39, 0.29) is 38.3 Å². The second-order valence-corrected chi connectivity index (χ2v) is 6.54. The van der Waals surface area contributed by atoms with Gasteiger partial charge in [0.05, 0.1) is 5.92 Å². The van der Waals surface area contributed by atoms with Crippen LogP contribution < -0.4 is 9.47 Å². The Morgan fingerprint density at radius 1 is 0.857 bits per heavy atom. The lowest BCUT2D eigenvalue weighted by atomic mass is 10.1. The molecule has 2 rings (SSSR count). The van der Waals surface area contributed by atoms with Crippen molar-refractivity contribution in [3.8, 4) is 11.5 Å². The van der Waals surface area contributed by atoms with Crippen LogP contribution in [0.4, 0.5) is 0 Å². The van der Waals surface area contributed by atoms with Gasteiger partial charge < -0.3 is 18.9 Å². The van der Waals surface area contributed by atoms with Gasteiger partial charge in [0.15, 0.2) is 0 Å². The number of fused-ring (bicyclic) bond motifs is 1. The minimum absolute atomic E-state index is 0.138. The number of esters is 2. The molecule has 0 saturated carbocycles. The van der Waals surface area contributed by atoms with Gasteiger partial charge in [-0.25, -0.2) is 4.79 Å². The minimum Gasteiger partial charge on any atom is -0.489 e. The number of ether oxygens (including phenoxy) is 4. The quantitative estimate of drug-likeness (QED) is 0.350. The summed E-state index contributed by atoms with van der Waals surface area (Å²) < 4.78 is 21.7. The molecule has 0 radical (unpaired) electrons. The van der Waals surface area contributed by atoms with E-state index in [0.29, 0.717) is 17.1 Å². The summed E-state index contributed by atoms with van der Waals surface area (Å²) in [5.74, 6) is 0.504. The van der Waals surface area contributed by atoms with Crippen LogP contribution in [0.5, 0.6) is 11.5 Å². The van der Waals surface area contributed by atoms with Crippen molar-refractivity contribution in [2.75, 3.05) is 26.4 Å². The summed E-state index contributed by atoms with van der Waals surface area (Å²) in [7, 11) is 0. The molecule has 0 saturated heterocycles. The van der Waals surface area contributed by atoms with Crippen LogP contribution in [0.15, 0.2) is 48.6 Å². The standard InChI is InChI=1S/C22H26O6/c1-15(2)21(23)27-13-11-25-19-9-5-8-18-17(19)7-6-10-20(18)26-12-14-28-22(24)16(3)4/h5-10,16H,1,11-14H2,2-4H3. The Labute approximate surface area is 165 Å². The van der Waals surface area contributed by atoms with Crippen molar-refractivity contribution >= 4 is 22.7 Å². The molecule has 0 aliphatic carbocycles. The SMILES string of the molecule is C=C(C)C(=O)OCCOc1cccc2c(OCCOC(=O)C(C)C)cccc12. The number of hydrogen-bond donors (Lipinski definition) is 0. The first-order valence-electron chi connectivity index (χ1n) is 9.16. The molecule has 2 aromatic carbocycles. The van der Waals surface area contributed by atoms with Crippen molar-refractivity contribution in [3.63, 3.8) is 0 Å². The molecule has 0 amide bonds. The number of carbonyl (C=O) groups excluding carboxylic acids is 2. The zero-order chi connectivity index (χ0) is 20.5. The molecule has 0 spiro atoms. The Balaban J connectivity index is 1.96. The van der Waals surface area contributed by atoms with Crippen molar-refractivity contribution in [2.45, 2.75) is 20.8 Å². The first kappa shape index (κ1) is 21.3. The molecule has 0 aromatic heterocycles. The van der Waals surface area contributed by atoms with E-state index in [0.717, 1.165) is 10.8 Å². The average molecular weight is 386 g/mol. The molecule has 0 N–H and O–H groups in total. The topological polar surface area (TPSA) is 71.1 Å². The normalized spacial score (nSPS) is 10.6. The molecular weight excluding hydrogens is 360 g/mol. The van der Waals surface area contributed by atoms with Crippen molar-refractivity contribution < 1.29 is 28.5 Å². The number of carbonyl (C=O) groups is 2. The Hall–Kier alpha value is -3.02. The Morgan fingerprint density at radius 3 is 1.82 bits per heavy atom. The number of rotatable bonds is 10. The highest BCUT2D eigenvalue weighted by atomic mass is 16.6. The highest BCUT2D eigenvalue weighted by Gasteiger charge is 2.10. The number of hydrogen-bond acceptors (Lipinski definition) is 6. The Morgan fingerprint density at radius 2 is 1.36 bits per heavy atom. The van der Waals surface area contributed by atoms with Crippen LogP contribution in [0, 0.1) is 5.92 Å². The van der Waals surface area contributed by atoms with Gasteiger partial charge in [-0.15, -0.1) is 0 Å². The van der Waals surface area contributed by atoms with E-state index in [9.17, 15) is 9.59 Å². The molecule has 6 heteroatoms. The molecule has 0 bridgehead atoms. The third kappa shape index (κ3) is 6.01. The van der Waals surface area contributed by atoms with E-state index in [2.05, 4.69) is 6.58 Å². The van der Waals surface area contributed by atoms with Crippen molar-refractivity contribution in [1.29, 1.82) is 0 Å². The third-order valence-corrected chi connectivity index (χ3v) is 3.82. The van der Waals surface area contributed by atoms with Gasteiger partial charge in [-0.05, 0) is 19.1 Å². The van der Waals surface area contributed by atoms with Crippen LogP contribution in [0.25, 0.3) is 10.8 Å². The van der Waals surface area contributed by atoms with E-state index in [1.807, 2.05) is 36.4 Å². The van der Waals surface area contributed by atoms with Gasteiger partial charge in [0, 0.05) is 16.3 Å². The van der Waals surface area contributed by atoms with Gasteiger partial charge in [-0.3, -0.25) is 4.79 Å². The van der Waals surface area contributed by atoms with Crippen LogP contribution >= 0.6 is 0 Å². The highest BCUT2D eigenvalue weighted by Crippen LogP contribution is 2.32. The van der Waals surface area contributed by atoms with Crippen LogP contribution in [0.3, 0.4) is 0 Å². The lowest BCUT2D eigenvalue weighted by Crippen LogP contribution is -2.16. The van der Waals surface area contributed by atoms with Gasteiger partial charge in [0.2, 0.25) is 0 Å². The summed E-state index contributed by atoms with van der Waals surface area (Å²) in [6.45, 7) is 9.53. The fraction of sp³-hybridized carbons (Fsp3) is 0.364. The summed E-state index contributed by atoms with van der Waals surface area (Å²) in [4.78, 5) is 22.9. The minimum atomic E-state index is -0.435. The van der Waals surface area contributed by atoms with Gasteiger partial charge in [-0.2, -0.15) is 0 Å². The Kier molecular flexibility index (Phi) is 7.87. The van der Waals surface area contributed by atoms with E-state index in [1.54, 1.807) is 20.8 Å². The summed E-state index contributed by atoms with van der Waals surface area (Å²) >= 11 is 0. The zero-order valence-corrected chi connectivity index (χ0v) is 16.5. The summed E-state index contributed by atoms with van der Waals surface area (Å²) in [5, 5.41) is 1.76. The molecule has 0 fully saturated rings. The smallest absolute Gasteiger partial charge is 0.333 e. The average Bonchev–Trinajstić information content (AvgIpc) is 2.68. The predicted molar refractivity (Wildman–Crippen MR) is 107 cm³/mol. The van der Waals surface area contributed by atoms with Gasteiger partial charge in [-0.1, -0.05) is 44.7 Å². The fourth-order valence-electron chi connectivity index (χ4n) is 2.37. The molecule has 28 heavy (non-hydrogen) atoms. The van der Waals surface area contributed by atoms with Crippen LogP contribution in [-0.2, 0) is 19.1 Å². The second kappa shape index (κ2) is 10.3. The van der Waals surface area contributed by atoms with Gasteiger partial charge in [0.1, 0.15) is 37.9 Å². The number of benzene rings is 2. The summed E-state index contributed by atoms with van der Waals surface area (Å²) in [6, 6.07) is 11.3. The third-order valence-electron chi connectivity index (χ3n) is 3.82. The van der Waals surface area contributed by atoms with Crippen LogP contribution in [-0.4, -0.2) is 38.4 Å². The maximum atomic E-state index is 11.5. The monoisotopic (exact) mass is 386 g/mol. The van der Waals surface area contributed by atoms with Crippen molar-refractivity contribution in [1.82, 2.24) is 0 Å². The molecule has 0 heterocycles. The molecule has 6 nitrogen and oxygen atoms in total. The fourth-order valence-corrected chi connectivity index (χ4v) is 2.37. The van der Waals surface area contributed by atoms with Gasteiger partial charge in [0.25, 0.3) is 0 Å². The molecular formula is C22H26O6. The largest absolute Gasteiger partial charge is 0.489 e. The molecule has 150 valence electrons. The summed E-state index contributed by atoms with van der Waals surface area (Å²) in [5.41, 5.74) is 0.353. The van der Waals surface area contributed by atoms with Crippen molar-refractivity contribution in [3.05, 3.63) is 48.6 Å².